The standard InChI is InChI=1S/C15H9Cl2NO3/c16-12-5-3-6-13(17)10(12)8-9-15(19)11-4-1-2-7-14(11)18(20)21/h1-9H/b9-8+. The minimum Gasteiger partial charge on any atom is -0.289 e. The van der Waals surface area contributed by atoms with Crippen LogP contribution in [0.25, 0.3) is 6.08 Å². The van der Waals surface area contributed by atoms with Crippen LogP contribution in [0, 0.1) is 10.1 Å². The summed E-state index contributed by atoms with van der Waals surface area (Å²) in [6, 6.07) is 10.7. The van der Waals surface area contributed by atoms with Crippen LogP contribution in [0.4, 0.5) is 5.69 Å². The van der Waals surface area contributed by atoms with Gasteiger partial charge >= 0.3 is 0 Å². The molecule has 21 heavy (non-hydrogen) atoms. The summed E-state index contributed by atoms with van der Waals surface area (Å²) in [4.78, 5) is 22.4. The van der Waals surface area contributed by atoms with E-state index in [2.05, 4.69) is 0 Å². The summed E-state index contributed by atoms with van der Waals surface area (Å²) in [6.07, 6.45) is 2.67. The molecule has 0 saturated heterocycles. The number of nitro groups is 1. The topological polar surface area (TPSA) is 60.2 Å². The lowest BCUT2D eigenvalue weighted by Gasteiger charge is -2.01. The summed E-state index contributed by atoms with van der Waals surface area (Å²) in [7, 11) is 0. The van der Waals surface area contributed by atoms with Crippen LogP contribution in [-0.2, 0) is 0 Å². The van der Waals surface area contributed by atoms with E-state index in [9.17, 15) is 14.9 Å². The molecule has 0 spiro atoms. The van der Waals surface area contributed by atoms with Crippen molar-refractivity contribution >= 4 is 40.7 Å². The first kappa shape index (κ1) is 15.2. The van der Waals surface area contributed by atoms with Gasteiger partial charge in [-0.15, -0.1) is 0 Å². The molecular formula is C15H9Cl2NO3. The van der Waals surface area contributed by atoms with E-state index in [0.29, 0.717) is 15.6 Å². The maximum absolute atomic E-state index is 12.1. The molecule has 0 unspecified atom stereocenters. The number of halogens is 2. The quantitative estimate of drug-likeness (QED) is 0.352. The molecule has 4 nitrogen and oxygen atoms in total. The number of allylic oxidation sites excluding steroid dienone is 1. The van der Waals surface area contributed by atoms with Crippen molar-refractivity contribution < 1.29 is 9.72 Å². The number of hydrogen-bond donors (Lipinski definition) is 0. The monoisotopic (exact) mass is 321 g/mol. The van der Waals surface area contributed by atoms with Crippen molar-refractivity contribution in [3.8, 4) is 0 Å². The van der Waals surface area contributed by atoms with Gasteiger partial charge in [-0.25, -0.2) is 0 Å². The van der Waals surface area contributed by atoms with E-state index >= 15 is 0 Å². The van der Waals surface area contributed by atoms with Crippen LogP contribution < -0.4 is 0 Å². The molecular weight excluding hydrogens is 313 g/mol. The number of para-hydroxylation sites is 1. The van der Waals surface area contributed by atoms with Gasteiger partial charge in [-0.05, 0) is 30.4 Å². The van der Waals surface area contributed by atoms with E-state index in [4.69, 9.17) is 23.2 Å². The molecule has 0 saturated carbocycles. The molecule has 0 aliphatic heterocycles. The van der Waals surface area contributed by atoms with Crippen LogP contribution in [0.5, 0.6) is 0 Å². The first-order valence-corrected chi connectivity index (χ1v) is 6.66. The van der Waals surface area contributed by atoms with Crippen LogP contribution in [0.1, 0.15) is 15.9 Å². The van der Waals surface area contributed by atoms with E-state index in [-0.39, 0.29) is 11.3 Å². The van der Waals surface area contributed by atoms with E-state index in [1.54, 1.807) is 24.3 Å². The summed E-state index contributed by atoms with van der Waals surface area (Å²) >= 11 is 12.0. The van der Waals surface area contributed by atoms with Crippen molar-refractivity contribution in [3.05, 3.63) is 79.8 Å². The fourth-order valence-electron chi connectivity index (χ4n) is 1.76. The third-order valence-electron chi connectivity index (χ3n) is 2.77. The Bertz CT molecular complexity index is 721. The summed E-state index contributed by atoms with van der Waals surface area (Å²) < 4.78 is 0. The molecule has 0 aliphatic carbocycles. The number of benzene rings is 2. The molecule has 0 aromatic heterocycles. The molecule has 0 N–H and O–H groups in total. The number of nitro benzene ring substituents is 1. The molecule has 0 heterocycles. The lowest BCUT2D eigenvalue weighted by atomic mass is 10.1. The van der Waals surface area contributed by atoms with Gasteiger partial charge in [0.05, 0.1) is 10.5 Å². The van der Waals surface area contributed by atoms with Crippen molar-refractivity contribution in [1.29, 1.82) is 0 Å². The summed E-state index contributed by atoms with van der Waals surface area (Å²) in [5.74, 6) is -0.488. The van der Waals surface area contributed by atoms with Gasteiger partial charge in [0.2, 0.25) is 0 Å². The van der Waals surface area contributed by atoms with E-state index in [1.807, 2.05) is 0 Å². The van der Waals surface area contributed by atoms with Crippen molar-refractivity contribution in [2.75, 3.05) is 0 Å². The van der Waals surface area contributed by atoms with Gasteiger partial charge in [0.1, 0.15) is 0 Å². The largest absolute Gasteiger partial charge is 0.289 e. The minimum absolute atomic E-state index is 0.0157. The first-order chi connectivity index (χ1) is 10.0. The zero-order valence-electron chi connectivity index (χ0n) is 10.6. The Morgan fingerprint density at radius 3 is 2.29 bits per heavy atom. The second-order valence-electron chi connectivity index (χ2n) is 4.11. The van der Waals surface area contributed by atoms with Gasteiger partial charge in [-0.3, -0.25) is 14.9 Å². The maximum Gasteiger partial charge on any atom is 0.280 e. The molecule has 2 aromatic carbocycles. The van der Waals surface area contributed by atoms with Crippen molar-refractivity contribution in [2.24, 2.45) is 0 Å². The lowest BCUT2D eigenvalue weighted by Crippen LogP contribution is -2.00. The Hall–Kier alpha value is -2.17. The summed E-state index contributed by atoms with van der Waals surface area (Å²) in [5, 5.41) is 11.7. The fourth-order valence-corrected chi connectivity index (χ4v) is 2.28. The average molecular weight is 322 g/mol. The lowest BCUT2D eigenvalue weighted by molar-refractivity contribution is -0.385. The molecule has 0 atom stereocenters. The maximum atomic E-state index is 12.1. The van der Waals surface area contributed by atoms with E-state index < -0.39 is 10.7 Å². The number of hydrogen-bond acceptors (Lipinski definition) is 3. The number of nitrogens with zero attached hydrogens (tertiary/aromatic N) is 1. The van der Waals surface area contributed by atoms with Crippen molar-refractivity contribution in [1.82, 2.24) is 0 Å². The highest BCUT2D eigenvalue weighted by atomic mass is 35.5. The van der Waals surface area contributed by atoms with E-state index in [0.717, 1.165) is 0 Å². The molecule has 0 aliphatic rings. The Balaban J connectivity index is 2.35. The third kappa shape index (κ3) is 3.48. The first-order valence-electron chi connectivity index (χ1n) is 5.90. The van der Waals surface area contributed by atoms with Crippen molar-refractivity contribution in [3.63, 3.8) is 0 Å². The highest BCUT2D eigenvalue weighted by Crippen LogP contribution is 2.26. The van der Waals surface area contributed by atoms with E-state index in [1.165, 1.54) is 30.4 Å². The Labute approximate surface area is 130 Å². The summed E-state index contributed by atoms with van der Waals surface area (Å²) in [5.41, 5.74) is 0.270. The normalized spacial score (nSPS) is 10.8. The van der Waals surface area contributed by atoms with Gasteiger partial charge < -0.3 is 0 Å². The second-order valence-corrected chi connectivity index (χ2v) is 4.92. The smallest absolute Gasteiger partial charge is 0.280 e. The van der Waals surface area contributed by atoms with Gasteiger partial charge in [0, 0.05) is 21.7 Å². The molecule has 0 radical (unpaired) electrons. The zero-order valence-corrected chi connectivity index (χ0v) is 12.1. The molecule has 2 rings (SSSR count). The van der Waals surface area contributed by atoms with Crippen LogP contribution in [0.15, 0.2) is 48.5 Å². The Morgan fingerprint density at radius 1 is 1.05 bits per heavy atom. The SMILES string of the molecule is O=C(/C=C/c1c(Cl)cccc1Cl)c1ccccc1[N+](=O)[O-]. The van der Waals surface area contributed by atoms with Crippen molar-refractivity contribution in [2.45, 2.75) is 0 Å². The number of carbonyl (C=O) groups is 1. The third-order valence-corrected chi connectivity index (χ3v) is 3.43. The molecule has 2 aromatic rings. The molecule has 0 fully saturated rings. The van der Waals surface area contributed by atoms with Gasteiger partial charge in [-0.2, -0.15) is 0 Å². The predicted molar refractivity (Wildman–Crippen MR) is 82.9 cm³/mol. The van der Waals surface area contributed by atoms with Gasteiger partial charge in [-0.1, -0.05) is 41.4 Å². The fraction of sp³-hybridized carbons (Fsp3) is 0. The molecule has 6 heteroatoms. The molecule has 0 bridgehead atoms. The van der Waals surface area contributed by atoms with Gasteiger partial charge in [0.15, 0.2) is 5.78 Å². The highest BCUT2D eigenvalue weighted by Gasteiger charge is 2.17. The number of ketones is 1. The summed E-state index contributed by atoms with van der Waals surface area (Å²) in [6.45, 7) is 0. The zero-order chi connectivity index (χ0) is 15.4. The second kappa shape index (κ2) is 6.52. The number of carbonyl (C=O) groups excluding carboxylic acids is 1. The average Bonchev–Trinajstić information content (AvgIpc) is 2.46. The molecule has 106 valence electrons. The van der Waals surface area contributed by atoms with Crippen LogP contribution in [0.3, 0.4) is 0 Å². The highest BCUT2D eigenvalue weighted by molar-refractivity contribution is 6.37. The predicted octanol–water partition coefficient (Wildman–Crippen LogP) is 4.80. The van der Waals surface area contributed by atoms with Gasteiger partial charge in [0.25, 0.3) is 5.69 Å². The Morgan fingerprint density at radius 2 is 1.67 bits per heavy atom. The van der Waals surface area contributed by atoms with Crippen LogP contribution >= 0.6 is 23.2 Å². The molecule has 0 amide bonds. The van der Waals surface area contributed by atoms with Crippen LogP contribution in [-0.4, -0.2) is 10.7 Å². The van der Waals surface area contributed by atoms with Crippen LogP contribution in [0.2, 0.25) is 10.0 Å². The Kier molecular flexibility index (Phi) is 4.73. The number of rotatable bonds is 4. The minimum atomic E-state index is -0.594.